The second-order valence-corrected chi connectivity index (χ2v) is 7.48. The summed E-state index contributed by atoms with van der Waals surface area (Å²) in [5, 5.41) is 3.28. The van der Waals surface area contributed by atoms with E-state index in [1.165, 1.54) is 6.07 Å². The smallest absolute Gasteiger partial charge is 0.287 e. The summed E-state index contributed by atoms with van der Waals surface area (Å²) in [6.45, 7) is 18.2. The molecule has 0 radical (unpaired) electrons. The Labute approximate surface area is 202 Å². The van der Waals surface area contributed by atoms with Crippen molar-refractivity contribution in [2.24, 2.45) is 0 Å². The molecule has 0 aliphatic heterocycles. The van der Waals surface area contributed by atoms with Crippen LogP contribution < -0.4 is 10.1 Å². The lowest BCUT2D eigenvalue weighted by Crippen LogP contribution is -2.10. The fourth-order valence-corrected chi connectivity index (χ4v) is 3.06. The van der Waals surface area contributed by atoms with Gasteiger partial charge in [-0.2, -0.15) is 8.78 Å². The minimum absolute atomic E-state index is 0.120. The van der Waals surface area contributed by atoms with Gasteiger partial charge in [-0.15, -0.1) is 0 Å². The van der Waals surface area contributed by atoms with Gasteiger partial charge in [-0.05, 0) is 57.0 Å². The maximum absolute atomic E-state index is 14.5. The Kier molecular flexibility index (Phi) is 15.0. The van der Waals surface area contributed by atoms with E-state index in [4.69, 9.17) is 4.74 Å². The predicted molar refractivity (Wildman–Crippen MR) is 146 cm³/mol. The lowest BCUT2D eigenvalue weighted by atomic mass is 10.0. The highest BCUT2D eigenvalue weighted by atomic mass is 31.0. The van der Waals surface area contributed by atoms with Gasteiger partial charge in [0.15, 0.2) is 5.75 Å². The molecule has 1 N–H and O–H groups in total. The normalized spacial score (nSPS) is 11.2. The lowest BCUT2D eigenvalue weighted by molar-refractivity contribution is 0.101. The molecule has 0 aliphatic rings. The largest absolute Gasteiger partial charge is 0.455 e. The van der Waals surface area contributed by atoms with E-state index in [0.29, 0.717) is 29.1 Å². The summed E-state index contributed by atoms with van der Waals surface area (Å²) in [5.41, 5.74) is -0.317. The van der Waals surface area contributed by atoms with Crippen LogP contribution >= 0.6 is 9.24 Å². The molecule has 0 saturated carbocycles. The molecule has 0 spiro atoms. The van der Waals surface area contributed by atoms with Crippen molar-refractivity contribution in [3.63, 3.8) is 0 Å². The highest BCUT2D eigenvalue weighted by Gasteiger charge is 2.31. The van der Waals surface area contributed by atoms with Crippen LogP contribution in [0.1, 0.15) is 66.0 Å². The minimum atomic E-state index is -3.15. The van der Waals surface area contributed by atoms with Gasteiger partial charge in [0.2, 0.25) is 0 Å². The topological polar surface area (TPSA) is 21.3 Å². The average Bonchev–Trinajstić information content (AvgIpc) is 2.81. The molecule has 2 rings (SSSR count). The highest BCUT2D eigenvalue weighted by Crippen LogP contribution is 2.46. The van der Waals surface area contributed by atoms with Crippen LogP contribution in [0.25, 0.3) is 5.57 Å². The molecule has 5 heteroatoms. The van der Waals surface area contributed by atoms with Gasteiger partial charge in [-0.3, -0.25) is 0 Å². The molecule has 2 nitrogen and oxygen atoms in total. The van der Waals surface area contributed by atoms with Gasteiger partial charge in [0.25, 0.3) is 5.66 Å². The number of hydrogen-bond donors (Lipinski definition) is 1. The molecular weight excluding hydrogens is 435 g/mol. The summed E-state index contributed by atoms with van der Waals surface area (Å²) in [4.78, 5) is 0. The van der Waals surface area contributed by atoms with E-state index in [-0.39, 0.29) is 11.3 Å². The Morgan fingerprint density at radius 2 is 1.70 bits per heavy atom. The molecule has 33 heavy (non-hydrogen) atoms. The molecule has 2 aromatic carbocycles. The van der Waals surface area contributed by atoms with Gasteiger partial charge in [0.1, 0.15) is 5.75 Å². The van der Waals surface area contributed by atoms with E-state index in [1.807, 2.05) is 71.9 Å². The first kappa shape index (κ1) is 30.6. The van der Waals surface area contributed by atoms with E-state index >= 15 is 0 Å². The van der Waals surface area contributed by atoms with Gasteiger partial charge < -0.3 is 10.1 Å². The Balaban J connectivity index is 0.00000242. The van der Waals surface area contributed by atoms with Crippen LogP contribution in [0.5, 0.6) is 11.5 Å². The van der Waals surface area contributed by atoms with Crippen molar-refractivity contribution in [3.8, 4) is 11.5 Å². The van der Waals surface area contributed by atoms with Crippen LogP contribution in [0.3, 0.4) is 0 Å². The van der Waals surface area contributed by atoms with Crippen LogP contribution in [-0.4, -0.2) is 6.54 Å². The molecule has 0 bridgehead atoms. The first-order valence-corrected chi connectivity index (χ1v) is 12.1. The summed E-state index contributed by atoms with van der Waals surface area (Å²) in [6, 6.07) is 12.2. The first-order valence-electron chi connectivity index (χ1n) is 11.5. The number of para-hydroxylation sites is 1. The fraction of sp³-hybridized carbons (Fsp3) is 0.357. The highest BCUT2D eigenvalue weighted by molar-refractivity contribution is 7.17. The van der Waals surface area contributed by atoms with Gasteiger partial charge in [0.05, 0.1) is 11.3 Å². The summed E-state index contributed by atoms with van der Waals surface area (Å²) < 4.78 is 34.8. The van der Waals surface area contributed by atoms with Crippen molar-refractivity contribution in [3.05, 3.63) is 84.0 Å². The molecule has 0 saturated heterocycles. The molecule has 0 amide bonds. The van der Waals surface area contributed by atoms with Crippen LogP contribution in [-0.2, 0) is 5.66 Å². The summed E-state index contributed by atoms with van der Waals surface area (Å²) in [5.74, 6) is 0.617. The van der Waals surface area contributed by atoms with Crippen molar-refractivity contribution < 1.29 is 13.5 Å². The lowest BCUT2D eigenvalue weighted by Gasteiger charge is -2.22. The maximum atomic E-state index is 14.5. The van der Waals surface area contributed by atoms with Crippen LogP contribution in [0.15, 0.2) is 72.8 Å². The molecule has 0 fully saturated rings. The predicted octanol–water partition coefficient (Wildman–Crippen LogP) is 9.81. The zero-order valence-corrected chi connectivity index (χ0v) is 22.3. The number of rotatable bonds is 9. The zero-order valence-electron chi connectivity index (χ0n) is 21.1. The van der Waals surface area contributed by atoms with Gasteiger partial charge in [0, 0.05) is 6.54 Å². The SMILES string of the molecule is C=C(C)c1cc(NCCC(/C=C\C)=C/C)c(Oc2ccccc2)c(C(F)(F)P)c1.CC.CC. The number of allylic oxidation sites excluding steroid dienone is 4. The number of halogens is 2. The number of ether oxygens (including phenoxy) is 1. The summed E-state index contributed by atoms with van der Waals surface area (Å²) in [6.07, 6.45) is 6.81. The van der Waals surface area contributed by atoms with Crippen molar-refractivity contribution in [2.75, 3.05) is 11.9 Å². The first-order chi connectivity index (χ1) is 15.8. The molecule has 182 valence electrons. The number of hydrogen-bond acceptors (Lipinski definition) is 2. The van der Waals surface area contributed by atoms with Crippen LogP contribution in [0.4, 0.5) is 14.5 Å². The van der Waals surface area contributed by atoms with E-state index in [9.17, 15) is 8.78 Å². The second kappa shape index (κ2) is 16.2. The number of alkyl halides is 2. The Morgan fingerprint density at radius 1 is 1.09 bits per heavy atom. The van der Waals surface area contributed by atoms with Gasteiger partial charge in [-0.1, -0.05) is 91.1 Å². The third-order valence-electron chi connectivity index (χ3n) is 4.38. The zero-order chi connectivity index (χ0) is 25.4. The van der Waals surface area contributed by atoms with Gasteiger partial charge >= 0.3 is 0 Å². The standard InChI is InChI=1S/C24H28F2NOP.2C2H6/c1-5-10-18(6-2)13-14-27-22-16-19(17(3)4)15-21(24(25,26)29)23(22)28-20-11-8-7-9-12-20;2*1-2/h5-12,15-16,27H,3,13-14,29H2,1-2,4H3;2*1-2H3/b10-5-,18-6+;;. The monoisotopic (exact) mass is 475 g/mol. The number of anilines is 1. The summed E-state index contributed by atoms with van der Waals surface area (Å²) >= 11 is 0. The molecule has 0 aromatic heterocycles. The Bertz CT molecular complexity index is 900. The molecular formula is C28H40F2NOP. The fourth-order valence-electron chi connectivity index (χ4n) is 2.85. The van der Waals surface area contributed by atoms with E-state index in [2.05, 4.69) is 11.9 Å². The minimum Gasteiger partial charge on any atom is -0.455 e. The van der Waals surface area contributed by atoms with Crippen molar-refractivity contribution >= 4 is 20.5 Å². The third-order valence-corrected chi connectivity index (χ3v) is 4.70. The molecule has 1 atom stereocenters. The molecule has 0 aliphatic carbocycles. The van der Waals surface area contributed by atoms with Crippen molar-refractivity contribution in [1.29, 1.82) is 0 Å². The van der Waals surface area contributed by atoms with Crippen LogP contribution in [0.2, 0.25) is 0 Å². The second-order valence-electron chi connectivity index (χ2n) is 6.76. The molecule has 1 unspecified atom stereocenters. The third kappa shape index (κ3) is 10.4. The van der Waals surface area contributed by atoms with Gasteiger partial charge in [-0.25, -0.2) is 0 Å². The Morgan fingerprint density at radius 3 is 2.18 bits per heavy atom. The van der Waals surface area contributed by atoms with Crippen LogP contribution in [0, 0.1) is 0 Å². The van der Waals surface area contributed by atoms with E-state index < -0.39 is 5.66 Å². The number of nitrogens with one attached hydrogen (secondary N) is 1. The Hall–Kier alpha value is -2.45. The average molecular weight is 476 g/mol. The number of benzene rings is 2. The molecule has 0 heterocycles. The van der Waals surface area contributed by atoms with E-state index in [1.54, 1.807) is 40.4 Å². The van der Waals surface area contributed by atoms with E-state index in [0.717, 1.165) is 12.0 Å². The van der Waals surface area contributed by atoms with Crippen molar-refractivity contribution in [1.82, 2.24) is 0 Å². The summed E-state index contributed by atoms with van der Waals surface area (Å²) in [7, 11) is 1.60. The maximum Gasteiger partial charge on any atom is 0.287 e. The quantitative estimate of drug-likeness (QED) is 0.288. The van der Waals surface area contributed by atoms with Crippen molar-refractivity contribution in [2.45, 2.75) is 60.6 Å². The molecule has 2 aromatic rings.